The van der Waals surface area contributed by atoms with Crippen molar-refractivity contribution in [3.05, 3.63) is 69.8 Å². The van der Waals surface area contributed by atoms with E-state index in [1.807, 2.05) is 0 Å². The van der Waals surface area contributed by atoms with Gasteiger partial charge < -0.3 is 20.9 Å². The standard InChI is InChI=1S/C35H50N2O4/c1-5-23-9-19-31(25(7-3)21-23)35(27-11-15-29(16-12-27)40-33(36)38,28-13-17-30(18-14-28)41-34(37)39)32-20-10-24(6-2)22-26(32)8-4/h9-10,19-22,27-30H,5-8,11-18H2,1-4H3,(H2,36,38)(H2,37,39). The second-order valence-corrected chi connectivity index (χ2v) is 12.1. The molecule has 0 aliphatic heterocycles. The van der Waals surface area contributed by atoms with Crippen LogP contribution in [0.25, 0.3) is 0 Å². The van der Waals surface area contributed by atoms with E-state index in [2.05, 4.69) is 64.1 Å². The number of hydrogen-bond donors (Lipinski definition) is 2. The summed E-state index contributed by atoms with van der Waals surface area (Å²) in [7, 11) is 0. The molecule has 0 saturated heterocycles. The Balaban J connectivity index is 1.93. The Morgan fingerprint density at radius 2 is 1.00 bits per heavy atom. The first-order valence-corrected chi connectivity index (χ1v) is 15.9. The lowest BCUT2D eigenvalue weighted by molar-refractivity contribution is 0.0275. The first-order valence-electron chi connectivity index (χ1n) is 15.9. The maximum atomic E-state index is 11.6. The van der Waals surface area contributed by atoms with Crippen LogP contribution in [0.15, 0.2) is 36.4 Å². The van der Waals surface area contributed by atoms with E-state index < -0.39 is 12.2 Å². The quantitative estimate of drug-likeness (QED) is 0.312. The summed E-state index contributed by atoms with van der Waals surface area (Å²) in [5, 5.41) is 0. The van der Waals surface area contributed by atoms with Crippen LogP contribution in [-0.4, -0.2) is 24.4 Å². The lowest BCUT2D eigenvalue weighted by atomic mass is 9.51. The first kappa shape index (κ1) is 30.9. The molecule has 0 aromatic heterocycles. The van der Waals surface area contributed by atoms with Crippen molar-refractivity contribution in [2.75, 3.05) is 0 Å². The first-order chi connectivity index (χ1) is 19.8. The van der Waals surface area contributed by atoms with Gasteiger partial charge >= 0.3 is 12.2 Å². The molecule has 4 rings (SSSR count). The van der Waals surface area contributed by atoms with E-state index in [9.17, 15) is 9.59 Å². The van der Waals surface area contributed by atoms with Gasteiger partial charge in [-0.1, -0.05) is 64.1 Å². The summed E-state index contributed by atoms with van der Waals surface area (Å²) >= 11 is 0. The Hall–Kier alpha value is -3.02. The smallest absolute Gasteiger partial charge is 0.404 e. The number of nitrogens with two attached hydrogens (primary N) is 2. The average molecular weight is 563 g/mol. The van der Waals surface area contributed by atoms with Crippen molar-refractivity contribution in [1.82, 2.24) is 0 Å². The number of benzene rings is 2. The molecule has 0 atom stereocenters. The van der Waals surface area contributed by atoms with Crippen molar-refractivity contribution < 1.29 is 19.1 Å². The molecule has 0 unspecified atom stereocenters. The maximum Gasteiger partial charge on any atom is 0.404 e. The summed E-state index contributed by atoms with van der Waals surface area (Å²) in [6.45, 7) is 9.00. The molecule has 224 valence electrons. The van der Waals surface area contributed by atoms with Gasteiger partial charge in [0.2, 0.25) is 0 Å². The van der Waals surface area contributed by atoms with Crippen molar-refractivity contribution in [2.24, 2.45) is 23.3 Å². The normalized spacial score (nSPS) is 23.1. The van der Waals surface area contributed by atoms with Crippen LogP contribution in [0.1, 0.15) is 112 Å². The Morgan fingerprint density at radius 1 is 0.634 bits per heavy atom. The van der Waals surface area contributed by atoms with Gasteiger partial charge in [0.25, 0.3) is 0 Å². The Kier molecular flexibility index (Phi) is 10.4. The Labute approximate surface area is 246 Å². The molecule has 0 spiro atoms. The van der Waals surface area contributed by atoms with Gasteiger partial charge in [-0.05, 0) is 122 Å². The lowest BCUT2D eigenvalue weighted by Crippen LogP contribution is -2.49. The summed E-state index contributed by atoms with van der Waals surface area (Å²) in [6.07, 6.45) is 9.49. The highest BCUT2D eigenvalue weighted by molar-refractivity contribution is 5.65. The van der Waals surface area contributed by atoms with E-state index in [0.717, 1.165) is 77.0 Å². The number of ether oxygens (including phenoxy) is 2. The molecule has 2 aromatic carbocycles. The van der Waals surface area contributed by atoms with Crippen LogP contribution < -0.4 is 11.5 Å². The molecule has 0 bridgehead atoms. The number of carbonyl (C=O) groups is 2. The van der Waals surface area contributed by atoms with E-state index in [-0.39, 0.29) is 17.6 Å². The van der Waals surface area contributed by atoms with E-state index in [4.69, 9.17) is 20.9 Å². The summed E-state index contributed by atoms with van der Waals surface area (Å²) in [5.74, 6) is 0.758. The van der Waals surface area contributed by atoms with Crippen molar-refractivity contribution >= 4 is 12.2 Å². The molecule has 6 nitrogen and oxygen atoms in total. The molecule has 6 heteroatoms. The van der Waals surface area contributed by atoms with E-state index >= 15 is 0 Å². The topological polar surface area (TPSA) is 105 Å². The van der Waals surface area contributed by atoms with Crippen LogP contribution in [0.5, 0.6) is 0 Å². The zero-order valence-corrected chi connectivity index (χ0v) is 25.5. The molecule has 0 heterocycles. The van der Waals surface area contributed by atoms with Gasteiger partial charge in [0, 0.05) is 5.41 Å². The SMILES string of the molecule is CCc1ccc(C(c2ccc(CC)cc2CC)(C2CCC(OC(N)=O)CC2)C2CCC(OC(N)=O)CC2)c(CC)c1. The third-order valence-corrected chi connectivity index (χ3v) is 10.0. The van der Waals surface area contributed by atoms with Crippen LogP contribution in [0.2, 0.25) is 0 Å². The fourth-order valence-corrected chi connectivity index (χ4v) is 8.08. The van der Waals surface area contributed by atoms with Crippen molar-refractivity contribution in [3.8, 4) is 0 Å². The monoisotopic (exact) mass is 562 g/mol. The molecule has 2 fully saturated rings. The maximum absolute atomic E-state index is 11.6. The van der Waals surface area contributed by atoms with Crippen LogP contribution in [-0.2, 0) is 40.6 Å². The molecular formula is C35H50N2O4. The molecule has 0 radical (unpaired) electrons. The number of carbonyl (C=O) groups excluding carboxylic acids is 2. The minimum Gasteiger partial charge on any atom is -0.446 e. The zero-order chi connectivity index (χ0) is 29.6. The molecule has 2 amide bonds. The number of rotatable bonds is 10. The molecule has 2 saturated carbocycles. The van der Waals surface area contributed by atoms with E-state index in [1.54, 1.807) is 0 Å². The van der Waals surface area contributed by atoms with Crippen LogP contribution >= 0.6 is 0 Å². The number of primary amides is 2. The summed E-state index contributed by atoms with van der Waals surface area (Å²) in [6, 6.07) is 14.4. The highest BCUT2D eigenvalue weighted by atomic mass is 16.6. The van der Waals surface area contributed by atoms with Crippen molar-refractivity contribution in [1.29, 1.82) is 0 Å². The van der Waals surface area contributed by atoms with Crippen LogP contribution in [0.4, 0.5) is 9.59 Å². The fourth-order valence-electron chi connectivity index (χ4n) is 8.08. The van der Waals surface area contributed by atoms with Crippen molar-refractivity contribution in [2.45, 2.75) is 122 Å². The third kappa shape index (κ3) is 6.57. The highest BCUT2D eigenvalue weighted by Gasteiger charge is 2.51. The third-order valence-electron chi connectivity index (χ3n) is 10.0. The van der Waals surface area contributed by atoms with Crippen molar-refractivity contribution in [3.63, 3.8) is 0 Å². The van der Waals surface area contributed by atoms with E-state index in [1.165, 1.54) is 33.4 Å². The number of hydrogen-bond acceptors (Lipinski definition) is 4. The minimum absolute atomic E-state index is 0.123. The Bertz CT molecular complexity index is 1100. The van der Waals surface area contributed by atoms with Gasteiger partial charge in [-0.25, -0.2) is 9.59 Å². The van der Waals surface area contributed by atoms with Gasteiger partial charge in [-0.3, -0.25) is 0 Å². The fraction of sp³-hybridized carbons (Fsp3) is 0.600. The predicted molar refractivity (Wildman–Crippen MR) is 164 cm³/mol. The predicted octanol–water partition coefficient (Wildman–Crippen LogP) is 7.53. The minimum atomic E-state index is -0.681. The second kappa shape index (κ2) is 13.8. The summed E-state index contributed by atoms with van der Waals surface area (Å²) in [4.78, 5) is 23.2. The van der Waals surface area contributed by atoms with Crippen LogP contribution in [0, 0.1) is 11.8 Å². The van der Waals surface area contributed by atoms with E-state index in [0.29, 0.717) is 11.8 Å². The molecule has 2 aliphatic carbocycles. The summed E-state index contributed by atoms with van der Waals surface area (Å²) < 4.78 is 11.0. The van der Waals surface area contributed by atoms with Gasteiger partial charge in [0.05, 0.1) is 0 Å². The average Bonchev–Trinajstić information content (AvgIpc) is 2.98. The molecule has 2 aromatic rings. The molecule has 2 aliphatic rings. The number of aryl methyl sites for hydroxylation is 4. The molecular weight excluding hydrogens is 512 g/mol. The highest BCUT2D eigenvalue weighted by Crippen LogP contribution is 2.56. The largest absolute Gasteiger partial charge is 0.446 e. The van der Waals surface area contributed by atoms with Crippen LogP contribution in [0.3, 0.4) is 0 Å². The van der Waals surface area contributed by atoms with Gasteiger partial charge in [0.15, 0.2) is 0 Å². The van der Waals surface area contributed by atoms with Gasteiger partial charge in [-0.2, -0.15) is 0 Å². The molecule has 41 heavy (non-hydrogen) atoms. The zero-order valence-electron chi connectivity index (χ0n) is 25.5. The lowest BCUT2D eigenvalue weighted by Gasteiger charge is -2.53. The number of amides is 2. The van der Waals surface area contributed by atoms with Gasteiger partial charge in [0.1, 0.15) is 12.2 Å². The second-order valence-electron chi connectivity index (χ2n) is 12.1. The molecule has 4 N–H and O–H groups in total. The van der Waals surface area contributed by atoms with Gasteiger partial charge in [-0.15, -0.1) is 0 Å². The summed E-state index contributed by atoms with van der Waals surface area (Å²) in [5.41, 5.74) is 19.1. The Morgan fingerprint density at radius 3 is 1.29 bits per heavy atom.